The van der Waals surface area contributed by atoms with E-state index < -0.39 is 11.5 Å². The summed E-state index contributed by atoms with van der Waals surface area (Å²) in [5.41, 5.74) is 1.63. The van der Waals surface area contributed by atoms with Gasteiger partial charge in [-0.2, -0.15) is 0 Å². The van der Waals surface area contributed by atoms with Crippen LogP contribution in [0.25, 0.3) is 0 Å². The third-order valence-electron chi connectivity index (χ3n) is 3.80. The first-order valence-electron chi connectivity index (χ1n) is 8.38. The van der Waals surface area contributed by atoms with Gasteiger partial charge in [-0.3, -0.25) is 19.4 Å². The van der Waals surface area contributed by atoms with E-state index in [2.05, 4.69) is 20.6 Å². The monoisotopic (exact) mass is 414 g/mol. The van der Waals surface area contributed by atoms with Crippen molar-refractivity contribution in [1.82, 2.24) is 9.97 Å². The topological polar surface area (TPSA) is 104 Å². The van der Waals surface area contributed by atoms with Gasteiger partial charge in [0.1, 0.15) is 0 Å². The molecule has 0 aliphatic heterocycles. The highest BCUT2D eigenvalue weighted by Crippen LogP contribution is 2.24. The minimum atomic E-state index is -0.532. The molecule has 0 unspecified atom stereocenters. The number of nitrogens with zero attached hydrogens (tertiary/aromatic N) is 1. The van der Waals surface area contributed by atoms with E-state index in [4.69, 9.17) is 0 Å². The first-order chi connectivity index (χ1) is 13.4. The lowest BCUT2D eigenvalue weighted by Gasteiger charge is -2.11. The second-order valence-electron chi connectivity index (χ2n) is 5.92. The largest absolute Gasteiger partial charge is 0.314 e. The molecule has 0 saturated carbocycles. The number of carbonyl (C=O) groups excluding carboxylic acids is 2. The van der Waals surface area contributed by atoms with E-state index >= 15 is 0 Å². The summed E-state index contributed by atoms with van der Waals surface area (Å²) in [4.78, 5) is 43.8. The van der Waals surface area contributed by atoms with Gasteiger partial charge in [0, 0.05) is 12.7 Å². The minimum absolute atomic E-state index is 0.0217. The highest BCUT2D eigenvalue weighted by molar-refractivity contribution is 7.98. The Morgan fingerprint density at radius 3 is 2.64 bits per heavy atom. The molecule has 0 aliphatic rings. The van der Waals surface area contributed by atoms with Gasteiger partial charge in [0.2, 0.25) is 5.91 Å². The van der Waals surface area contributed by atoms with Crippen molar-refractivity contribution in [3.8, 4) is 0 Å². The zero-order valence-corrected chi connectivity index (χ0v) is 16.9. The highest BCUT2D eigenvalue weighted by atomic mass is 32.2. The van der Waals surface area contributed by atoms with Crippen molar-refractivity contribution >= 4 is 46.4 Å². The Labute approximate surface area is 169 Å². The summed E-state index contributed by atoms with van der Waals surface area (Å²) in [6.07, 6.45) is 0. The maximum Gasteiger partial charge on any atom is 0.277 e. The van der Waals surface area contributed by atoms with Crippen LogP contribution in [0.3, 0.4) is 0 Å². The van der Waals surface area contributed by atoms with Crippen molar-refractivity contribution in [3.05, 3.63) is 68.1 Å². The molecule has 2 heterocycles. The van der Waals surface area contributed by atoms with Gasteiger partial charge in [-0.05, 0) is 29.5 Å². The number of hydrogen-bond donors (Lipinski definition) is 3. The number of H-pyrrole nitrogens is 1. The Bertz CT molecular complexity index is 1060. The third kappa shape index (κ3) is 4.87. The summed E-state index contributed by atoms with van der Waals surface area (Å²) >= 11 is 2.59. The predicted molar refractivity (Wildman–Crippen MR) is 112 cm³/mol. The number of carbonyl (C=O) groups is 2. The number of thiophene rings is 1. The summed E-state index contributed by atoms with van der Waals surface area (Å²) in [5, 5.41) is 7.17. The van der Waals surface area contributed by atoms with E-state index in [0.717, 1.165) is 11.1 Å². The van der Waals surface area contributed by atoms with E-state index in [9.17, 15) is 14.4 Å². The fourth-order valence-corrected chi connectivity index (χ4v) is 3.95. The van der Waals surface area contributed by atoms with Gasteiger partial charge in [-0.15, -0.1) is 11.3 Å². The van der Waals surface area contributed by atoms with Crippen LogP contribution in [0.15, 0.2) is 51.7 Å². The van der Waals surface area contributed by atoms with Crippen LogP contribution in [0.5, 0.6) is 0 Å². The molecular weight excluding hydrogens is 396 g/mol. The molecule has 7 nitrogen and oxygen atoms in total. The second-order valence-corrected chi connectivity index (χ2v) is 7.83. The smallest absolute Gasteiger partial charge is 0.277 e. The summed E-state index contributed by atoms with van der Waals surface area (Å²) < 4.78 is 0. The van der Waals surface area contributed by atoms with E-state index in [-0.39, 0.29) is 17.4 Å². The van der Waals surface area contributed by atoms with Crippen molar-refractivity contribution < 1.29 is 9.59 Å². The second kappa shape index (κ2) is 8.85. The predicted octanol–water partition coefficient (Wildman–Crippen LogP) is 3.64. The van der Waals surface area contributed by atoms with Crippen molar-refractivity contribution in [1.29, 1.82) is 0 Å². The summed E-state index contributed by atoms with van der Waals surface area (Å²) in [6.45, 7) is 3.33. The first kappa shape index (κ1) is 19.8. The SMILES string of the molecule is CC(=O)Nc1nc(SCc2ccccc2C)[nH]c(=O)c1NC(=O)c1cccs1. The molecule has 0 bridgehead atoms. The van der Waals surface area contributed by atoms with Crippen LogP contribution in [-0.2, 0) is 10.5 Å². The lowest BCUT2D eigenvalue weighted by atomic mass is 10.1. The molecule has 28 heavy (non-hydrogen) atoms. The Hall–Kier alpha value is -2.91. The molecule has 0 spiro atoms. The molecule has 0 saturated heterocycles. The van der Waals surface area contributed by atoms with Gasteiger partial charge in [-0.1, -0.05) is 42.1 Å². The molecule has 2 aromatic heterocycles. The number of hydrogen-bond acceptors (Lipinski definition) is 6. The standard InChI is InChI=1S/C19H18N4O3S2/c1-11-6-3-4-7-13(11)10-28-19-22-16(20-12(2)24)15(18(26)23-19)21-17(25)14-8-5-9-27-14/h3-9H,10H2,1-2H3,(H,21,25)(H2,20,22,23,24,26). The van der Waals surface area contributed by atoms with Crippen molar-refractivity contribution in [2.24, 2.45) is 0 Å². The molecule has 0 atom stereocenters. The average molecular weight is 415 g/mol. The molecule has 3 N–H and O–H groups in total. The molecule has 3 aromatic rings. The van der Waals surface area contributed by atoms with Gasteiger partial charge < -0.3 is 10.6 Å². The Kier molecular flexibility index (Phi) is 6.27. The average Bonchev–Trinajstić information content (AvgIpc) is 3.18. The molecule has 2 amide bonds. The Morgan fingerprint density at radius 1 is 1.18 bits per heavy atom. The summed E-state index contributed by atoms with van der Waals surface area (Å²) in [6, 6.07) is 11.3. The number of amides is 2. The number of aromatic amines is 1. The molecule has 0 fully saturated rings. The van der Waals surface area contributed by atoms with E-state index in [0.29, 0.717) is 15.8 Å². The number of anilines is 2. The van der Waals surface area contributed by atoms with Crippen LogP contribution in [0, 0.1) is 6.92 Å². The molecule has 0 radical (unpaired) electrons. The number of thioether (sulfide) groups is 1. The molecule has 3 rings (SSSR count). The minimum Gasteiger partial charge on any atom is -0.314 e. The number of benzene rings is 1. The Balaban J connectivity index is 1.86. The highest BCUT2D eigenvalue weighted by Gasteiger charge is 2.17. The van der Waals surface area contributed by atoms with Crippen LogP contribution in [-0.4, -0.2) is 21.8 Å². The van der Waals surface area contributed by atoms with Crippen LogP contribution < -0.4 is 16.2 Å². The maximum atomic E-state index is 12.6. The maximum absolute atomic E-state index is 12.6. The number of rotatable bonds is 6. The lowest BCUT2D eigenvalue weighted by molar-refractivity contribution is -0.114. The lowest BCUT2D eigenvalue weighted by Crippen LogP contribution is -2.24. The first-order valence-corrected chi connectivity index (χ1v) is 10.2. The number of nitrogens with one attached hydrogen (secondary N) is 3. The molecule has 0 aliphatic carbocycles. The van der Waals surface area contributed by atoms with Crippen molar-refractivity contribution in [2.45, 2.75) is 24.8 Å². The van der Waals surface area contributed by atoms with E-state index in [1.165, 1.54) is 30.0 Å². The molecular formula is C19H18N4O3S2. The number of aromatic nitrogens is 2. The third-order valence-corrected chi connectivity index (χ3v) is 5.59. The van der Waals surface area contributed by atoms with Gasteiger partial charge in [0.15, 0.2) is 16.7 Å². The number of aryl methyl sites for hydroxylation is 1. The van der Waals surface area contributed by atoms with Crippen LogP contribution >= 0.6 is 23.1 Å². The normalized spacial score (nSPS) is 10.5. The molecule has 1 aromatic carbocycles. The zero-order chi connectivity index (χ0) is 20.1. The molecule has 144 valence electrons. The van der Waals surface area contributed by atoms with Crippen molar-refractivity contribution in [3.63, 3.8) is 0 Å². The van der Waals surface area contributed by atoms with Crippen LogP contribution in [0.2, 0.25) is 0 Å². The fourth-order valence-electron chi connectivity index (χ4n) is 2.40. The van der Waals surface area contributed by atoms with Gasteiger partial charge in [-0.25, -0.2) is 4.98 Å². The van der Waals surface area contributed by atoms with E-state index in [1.807, 2.05) is 31.2 Å². The van der Waals surface area contributed by atoms with Gasteiger partial charge >= 0.3 is 0 Å². The van der Waals surface area contributed by atoms with E-state index in [1.54, 1.807) is 17.5 Å². The van der Waals surface area contributed by atoms with Crippen LogP contribution in [0.4, 0.5) is 11.5 Å². The fraction of sp³-hybridized carbons (Fsp3) is 0.158. The molecule has 9 heteroatoms. The summed E-state index contributed by atoms with van der Waals surface area (Å²) in [5.74, 6) is -0.196. The Morgan fingerprint density at radius 2 is 1.96 bits per heavy atom. The quantitative estimate of drug-likeness (QED) is 0.422. The zero-order valence-electron chi connectivity index (χ0n) is 15.2. The van der Waals surface area contributed by atoms with Crippen molar-refractivity contribution in [2.75, 3.05) is 10.6 Å². The van der Waals surface area contributed by atoms with Crippen LogP contribution in [0.1, 0.15) is 27.7 Å². The van der Waals surface area contributed by atoms with Gasteiger partial charge in [0.25, 0.3) is 11.5 Å². The summed E-state index contributed by atoms with van der Waals surface area (Å²) in [7, 11) is 0. The van der Waals surface area contributed by atoms with Gasteiger partial charge in [0.05, 0.1) is 4.88 Å².